The fraction of sp³-hybridized carbons (Fsp3) is 0.278. The number of nitrogens with one attached hydrogen (secondary N) is 1. The molecule has 0 aromatic heterocycles. The van der Waals surface area contributed by atoms with Crippen molar-refractivity contribution < 1.29 is 22.7 Å². The summed E-state index contributed by atoms with van der Waals surface area (Å²) in [5.41, 5.74) is 1.02. The highest BCUT2D eigenvalue weighted by atomic mass is 35.5. The second-order valence-corrected chi connectivity index (χ2v) is 8.24. The van der Waals surface area contributed by atoms with Gasteiger partial charge in [0.1, 0.15) is 11.5 Å². The summed E-state index contributed by atoms with van der Waals surface area (Å²) in [5, 5.41) is 3.10. The Kier molecular flexibility index (Phi) is 6.56. The van der Waals surface area contributed by atoms with Crippen LogP contribution < -0.4 is 19.1 Å². The lowest BCUT2D eigenvalue weighted by molar-refractivity contribution is -0.122. The Morgan fingerprint density at radius 1 is 1.19 bits per heavy atom. The van der Waals surface area contributed by atoms with Crippen LogP contribution in [0.4, 0.5) is 11.4 Å². The van der Waals surface area contributed by atoms with E-state index in [1.54, 1.807) is 49.4 Å². The summed E-state index contributed by atoms with van der Waals surface area (Å²) < 4.78 is 34.9. The number of hydrogen-bond donors (Lipinski definition) is 1. The van der Waals surface area contributed by atoms with Gasteiger partial charge in [-0.3, -0.25) is 9.10 Å². The van der Waals surface area contributed by atoms with Crippen LogP contribution in [0.25, 0.3) is 0 Å². The third-order valence-corrected chi connectivity index (χ3v) is 5.30. The number of methoxy groups -OCH3 is 1. The summed E-state index contributed by atoms with van der Waals surface area (Å²) in [6, 6.07) is 11.3. The molecule has 0 aliphatic heterocycles. The highest BCUT2D eigenvalue weighted by Crippen LogP contribution is 2.27. The molecule has 0 spiro atoms. The normalized spacial score (nSPS) is 12.2. The molecule has 2 aromatic carbocycles. The molecule has 27 heavy (non-hydrogen) atoms. The zero-order chi connectivity index (χ0) is 20.2. The van der Waals surface area contributed by atoms with E-state index in [1.807, 2.05) is 0 Å². The van der Waals surface area contributed by atoms with E-state index in [0.717, 1.165) is 10.6 Å². The maximum Gasteiger partial charge on any atom is 0.265 e. The largest absolute Gasteiger partial charge is 0.495 e. The molecular weight excluding hydrogens is 392 g/mol. The minimum Gasteiger partial charge on any atom is -0.495 e. The number of carbonyl (C=O) groups is 1. The van der Waals surface area contributed by atoms with Crippen molar-refractivity contribution in [3.63, 3.8) is 0 Å². The van der Waals surface area contributed by atoms with E-state index in [1.165, 1.54) is 14.2 Å². The van der Waals surface area contributed by atoms with Gasteiger partial charge in [-0.25, -0.2) is 8.42 Å². The molecule has 0 aliphatic carbocycles. The molecule has 0 aliphatic rings. The van der Waals surface area contributed by atoms with Crippen LogP contribution in [0.2, 0.25) is 5.02 Å². The maximum absolute atomic E-state index is 12.3. The molecule has 0 radical (unpaired) electrons. The maximum atomic E-state index is 12.3. The molecule has 0 heterocycles. The van der Waals surface area contributed by atoms with Crippen molar-refractivity contribution in [3.05, 3.63) is 47.5 Å². The molecule has 0 saturated heterocycles. The standard InChI is InChI=1S/C18H21ClN2O5S/c1-12(18(22)20-13-5-10-17(25-3)16(19)11-13)26-15-8-6-14(7-9-15)21(2)27(4,23)24/h5-12H,1-4H3,(H,20,22). The van der Waals surface area contributed by atoms with E-state index in [-0.39, 0.29) is 5.91 Å². The smallest absolute Gasteiger partial charge is 0.265 e. The quantitative estimate of drug-likeness (QED) is 0.755. The Balaban J connectivity index is 2.01. The summed E-state index contributed by atoms with van der Waals surface area (Å²) in [5.74, 6) is 0.600. The monoisotopic (exact) mass is 412 g/mol. The van der Waals surface area contributed by atoms with E-state index in [0.29, 0.717) is 27.9 Å². The summed E-state index contributed by atoms with van der Waals surface area (Å²) in [6.45, 7) is 1.61. The van der Waals surface area contributed by atoms with Crippen LogP contribution in [0.3, 0.4) is 0 Å². The van der Waals surface area contributed by atoms with Gasteiger partial charge in [0.15, 0.2) is 6.10 Å². The van der Waals surface area contributed by atoms with Gasteiger partial charge in [0.2, 0.25) is 10.0 Å². The number of hydrogen-bond acceptors (Lipinski definition) is 5. The van der Waals surface area contributed by atoms with Crippen LogP contribution in [0.15, 0.2) is 42.5 Å². The Bertz CT molecular complexity index is 916. The number of sulfonamides is 1. The second-order valence-electron chi connectivity index (χ2n) is 5.82. The minimum absolute atomic E-state index is 0.353. The average molecular weight is 413 g/mol. The Morgan fingerprint density at radius 2 is 1.81 bits per heavy atom. The topological polar surface area (TPSA) is 84.9 Å². The first kappa shape index (κ1) is 20.9. The third-order valence-electron chi connectivity index (χ3n) is 3.80. The average Bonchev–Trinajstić information content (AvgIpc) is 2.61. The Hall–Kier alpha value is -2.45. The van der Waals surface area contributed by atoms with Crippen LogP contribution >= 0.6 is 11.6 Å². The lowest BCUT2D eigenvalue weighted by Crippen LogP contribution is -2.30. The van der Waals surface area contributed by atoms with Crippen molar-refractivity contribution in [2.45, 2.75) is 13.0 Å². The van der Waals surface area contributed by atoms with Gasteiger partial charge >= 0.3 is 0 Å². The van der Waals surface area contributed by atoms with Crippen LogP contribution in [0.5, 0.6) is 11.5 Å². The van der Waals surface area contributed by atoms with Crippen LogP contribution in [0.1, 0.15) is 6.92 Å². The number of halogens is 1. The molecule has 146 valence electrons. The Morgan fingerprint density at radius 3 is 2.33 bits per heavy atom. The van der Waals surface area contributed by atoms with Crippen molar-refractivity contribution >= 4 is 38.9 Å². The molecular formula is C18H21ClN2O5S. The van der Waals surface area contributed by atoms with Gasteiger partial charge in [-0.15, -0.1) is 0 Å². The number of nitrogens with zero attached hydrogens (tertiary/aromatic N) is 1. The van der Waals surface area contributed by atoms with Crippen molar-refractivity contribution in [1.29, 1.82) is 0 Å². The van der Waals surface area contributed by atoms with Gasteiger partial charge in [-0.2, -0.15) is 0 Å². The molecule has 1 N–H and O–H groups in total. The molecule has 1 unspecified atom stereocenters. The first-order valence-corrected chi connectivity index (χ1v) is 10.2. The van der Waals surface area contributed by atoms with E-state index < -0.39 is 16.1 Å². The van der Waals surface area contributed by atoms with E-state index in [9.17, 15) is 13.2 Å². The number of ether oxygens (including phenoxy) is 2. The van der Waals surface area contributed by atoms with E-state index in [2.05, 4.69) is 5.32 Å². The number of amides is 1. The minimum atomic E-state index is -3.34. The molecule has 2 rings (SSSR count). The van der Waals surface area contributed by atoms with E-state index in [4.69, 9.17) is 21.1 Å². The molecule has 0 saturated carbocycles. The van der Waals surface area contributed by atoms with Crippen molar-refractivity contribution in [2.24, 2.45) is 0 Å². The molecule has 1 atom stereocenters. The number of rotatable bonds is 7. The van der Waals surface area contributed by atoms with Crippen LogP contribution in [-0.4, -0.2) is 40.8 Å². The predicted octanol–water partition coefficient (Wildman–Crippen LogP) is 3.15. The van der Waals surface area contributed by atoms with E-state index >= 15 is 0 Å². The van der Waals surface area contributed by atoms with Crippen molar-refractivity contribution in [1.82, 2.24) is 0 Å². The number of benzene rings is 2. The number of carbonyl (C=O) groups excluding carboxylic acids is 1. The van der Waals surface area contributed by atoms with Gasteiger partial charge in [-0.1, -0.05) is 11.6 Å². The second kappa shape index (κ2) is 8.49. The molecule has 9 heteroatoms. The SMILES string of the molecule is COc1ccc(NC(=O)C(C)Oc2ccc(N(C)S(C)(=O)=O)cc2)cc1Cl. The summed E-state index contributed by atoms with van der Waals surface area (Å²) >= 11 is 6.04. The molecule has 1 amide bonds. The first-order valence-electron chi connectivity index (χ1n) is 7.97. The molecule has 0 fully saturated rings. The van der Waals surface area contributed by atoms with Gasteiger partial charge in [0.05, 0.1) is 24.1 Å². The van der Waals surface area contributed by atoms with Gasteiger partial charge < -0.3 is 14.8 Å². The number of anilines is 2. The fourth-order valence-corrected chi connectivity index (χ4v) is 2.93. The molecule has 0 bridgehead atoms. The first-order chi connectivity index (χ1) is 12.6. The molecule has 7 nitrogen and oxygen atoms in total. The lowest BCUT2D eigenvalue weighted by Gasteiger charge is -2.18. The fourth-order valence-electron chi connectivity index (χ4n) is 2.17. The Labute approximate surface area is 163 Å². The van der Waals surface area contributed by atoms with Crippen molar-refractivity contribution in [3.8, 4) is 11.5 Å². The van der Waals surface area contributed by atoms with Crippen LogP contribution in [-0.2, 0) is 14.8 Å². The zero-order valence-corrected chi connectivity index (χ0v) is 17.0. The van der Waals surface area contributed by atoms with Gasteiger partial charge in [0, 0.05) is 12.7 Å². The third kappa shape index (κ3) is 5.51. The highest BCUT2D eigenvalue weighted by molar-refractivity contribution is 7.92. The van der Waals surface area contributed by atoms with Crippen molar-refractivity contribution in [2.75, 3.05) is 30.0 Å². The summed E-state index contributed by atoms with van der Waals surface area (Å²) in [4.78, 5) is 12.3. The lowest BCUT2D eigenvalue weighted by atomic mass is 10.2. The predicted molar refractivity (Wildman–Crippen MR) is 106 cm³/mol. The summed E-state index contributed by atoms with van der Waals surface area (Å²) in [6.07, 6.45) is 0.347. The highest BCUT2D eigenvalue weighted by Gasteiger charge is 2.16. The van der Waals surface area contributed by atoms with Gasteiger partial charge in [-0.05, 0) is 49.4 Å². The molecule has 2 aromatic rings. The zero-order valence-electron chi connectivity index (χ0n) is 15.4. The van der Waals surface area contributed by atoms with Crippen LogP contribution in [0, 0.1) is 0 Å². The summed E-state index contributed by atoms with van der Waals surface area (Å²) in [7, 11) is -0.372. The van der Waals surface area contributed by atoms with Gasteiger partial charge in [0.25, 0.3) is 5.91 Å².